The second-order valence-electron chi connectivity index (χ2n) is 29.1. The van der Waals surface area contributed by atoms with Crippen LogP contribution in [0.5, 0.6) is 0 Å². The van der Waals surface area contributed by atoms with Gasteiger partial charge in [0.2, 0.25) is 35.4 Å². The molecule has 6 aromatic heterocycles. The molecule has 15 rings (SSSR count). The van der Waals surface area contributed by atoms with Crippen LogP contribution in [0.4, 0.5) is 0 Å². The van der Waals surface area contributed by atoms with E-state index in [4.69, 9.17) is 0 Å². The molecule has 0 bridgehead atoms. The van der Waals surface area contributed by atoms with Gasteiger partial charge >= 0.3 is 0 Å². The largest absolute Gasteiger partial charge is 0.361 e. The Morgan fingerprint density at radius 2 is 0.464 bits per heavy atom. The van der Waals surface area contributed by atoms with Crippen molar-refractivity contribution in [3.8, 4) is 0 Å². The van der Waals surface area contributed by atoms with Crippen LogP contribution in [-0.2, 0) is 81.7 Å². The van der Waals surface area contributed by atoms with Crippen LogP contribution in [0, 0.1) is 17.8 Å². The summed E-state index contributed by atoms with van der Waals surface area (Å²) in [6, 6.07) is 39.0. The fraction of sp³-hybridized carbons (Fsp3) is 0.233. The molecule has 3 aliphatic rings. The van der Waals surface area contributed by atoms with Gasteiger partial charge in [-0.2, -0.15) is 0 Å². The van der Waals surface area contributed by atoms with Crippen molar-refractivity contribution in [3.63, 3.8) is 0 Å². The van der Waals surface area contributed by atoms with E-state index in [1.54, 1.807) is 72.9 Å². The number of aromatic amines is 6. The van der Waals surface area contributed by atoms with Gasteiger partial charge in [-0.15, -0.1) is 0 Å². The number of nitrogens with zero attached hydrogens (tertiary/aromatic N) is 1. The first kappa shape index (κ1) is 74.3. The van der Waals surface area contributed by atoms with Gasteiger partial charge in [0.15, 0.2) is 17.3 Å². The van der Waals surface area contributed by atoms with Gasteiger partial charge in [-0.1, -0.05) is 182 Å². The summed E-state index contributed by atoms with van der Waals surface area (Å²) in [5.41, 5.74) is 9.56. The lowest BCUT2D eigenvalue weighted by atomic mass is 9.97. The zero-order valence-electron chi connectivity index (χ0n) is 61.6. The molecule has 22 heteroatoms. The Morgan fingerprint density at radius 3 is 0.679 bits per heavy atom. The number of allylic oxidation sites excluding steroid dienone is 6. The van der Waals surface area contributed by atoms with E-state index in [1.165, 1.54) is 0 Å². The third-order valence-corrected chi connectivity index (χ3v) is 21.8. The summed E-state index contributed by atoms with van der Waals surface area (Å²) in [5.74, 6) is -5.97. The highest BCUT2D eigenvalue weighted by atomic mass is 16.2. The van der Waals surface area contributed by atoms with Gasteiger partial charge < -0.3 is 66.7 Å². The number of aromatic nitrogens is 6. The van der Waals surface area contributed by atoms with E-state index in [0.29, 0.717) is 0 Å². The van der Waals surface area contributed by atoms with Crippen LogP contribution in [-0.4, -0.2) is 143 Å². The number of fused-ring (bicyclic) bond motifs is 6. The number of rotatable bonds is 36. The zero-order chi connectivity index (χ0) is 77.0. The maximum atomic E-state index is 15.6. The van der Waals surface area contributed by atoms with Gasteiger partial charge in [0.1, 0.15) is 18.1 Å². The summed E-state index contributed by atoms with van der Waals surface area (Å²) in [7, 11) is 0. The van der Waals surface area contributed by atoms with Gasteiger partial charge in [0.25, 0.3) is 0 Å². The maximum Gasteiger partial charge on any atom is 0.243 e. The van der Waals surface area contributed by atoms with E-state index in [0.717, 1.165) is 98.8 Å². The summed E-state index contributed by atoms with van der Waals surface area (Å²) in [6.07, 6.45) is 31.7. The lowest BCUT2D eigenvalue weighted by Crippen LogP contribution is -2.54. The van der Waals surface area contributed by atoms with Crippen molar-refractivity contribution >= 4 is 118 Å². The first-order chi connectivity index (χ1) is 54.7. The molecule has 12 N–H and O–H groups in total. The molecule has 0 fully saturated rings. The highest BCUT2D eigenvalue weighted by Gasteiger charge is 2.35. The number of amides is 6. The molecule has 0 unspecified atom stereocenters. The summed E-state index contributed by atoms with van der Waals surface area (Å²) in [5, 5.41) is 23.5. The Hall–Kier alpha value is -13.2. The Balaban J connectivity index is 0.744. The summed E-state index contributed by atoms with van der Waals surface area (Å²) >= 11 is 0. The molecule has 6 aromatic carbocycles. The second-order valence-corrected chi connectivity index (χ2v) is 29.1. The number of hydrogen-bond acceptors (Lipinski definition) is 10. The van der Waals surface area contributed by atoms with Crippen molar-refractivity contribution in [2.45, 2.75) is 94.0 Å². The van der Waals surface area contributed by atoms with Crippen LogP contribution in [0.3, 0.4) is 0 Å². The van der Waals surface area contributed by atoms with Crippen molar-refractivity contribution in [1.29, 1.82) is 0 Å². The number of carbonyl (C=O) groups excluding carboxylic acids is 9. The molecule has 0 aliphatic heterocycles. The molecule has 6 heterocycles. The minimum atomic E-state index is -1.17. The number of benzene rings is 6. The molecule has 0 saturated carbocycles. The van der Waals surface area contributed by atoms with Crippen LogP contribution in [0.15, 0.2) is 256 Å². The van der Waals surface area contributed by atoms with Crippen LogP contribution in [0.2, 0.25) is 0 Å². The number of carbonyl (C=O) groups is 9. The normalized spacial score (nSPS) is 15.1. The summed E-state index contributed by atoms with van der Waals surface area (Å²) in [4.78, 5) is 156. The molecule has 112 heavy (non-hydrogen) atoms. The average molecular weight is 1490 g/mol. The lowest BCUT2D eigenvalue weighted by Gasteiger charge is -2.27. The number of H-pyrrole nitrogens is 6. The van der Waals surface area contributed by atoms with E-state index in [9.17, 15) is 14.4 Å². The minimum absolute atomic E-state index is 0.0416. The van der Waals surface area contributed by atoms with Gasteiger partial charge in [-0.25, -0.2) is 0 Å². The monoisotopic (exact) mass is 1490 g/mol. The maximum absolute atomic E-state index is 15.6. The van der Waals surface area contributed by atoms with Gasteiger partial charge in [0, 0.05) is 180 Å². The van der Waals surface area contributed by atoms with Gasteiger partial charge in [-0.05, 0) is 69.8 Å². The van der Waals surface area contributed by atoms with Crippen molar-refractivity contribution in [2.24, 2.45) is 17.8 Å². The molecule has 22 nitrogen and oxygen atoms in total. The Bertz CT molecular complexity index is 5150. The Kier molecular flexibility index (Phi) is 22.6. The first-order valence-corrected chi connectivity index (χ1v) is 38.2. The van der Waals surface area contributed by atoms with Gasteiger partial charge in [0.05, 0.1) is 35.9 Å². The molecule has 566 valence electrons. The predicted octanol–water partition coefficient (Wildman–Crippen LogP) is 10.6. The van der Waals surface area contributed by atoms with E-state index in [1.807, 2.05) is 188 Å². The highest BCUT2D eigenvalue weighted by Crippen LogP contribution is 2.28. The molecule has 0 radical (unpaired) electrons. The summed E-state index contributed by atoms with van der Waals surface area (Å²) in [6.45, 7) is -0.125. The third-order valence-electron chi connectivity index (χ3n) is 21.8. The van der Waals surface area contributed by atoms with Crippen molar-refractivity contribution in [1.82, 2.24) is 66.7 Å². The quantitative estimate of drug-likeness (QED) is 0.0176. The predicted molar refractivity (Wildman–Crippen MR) is 434 cm³/mol. The first-order valence-electron chi connectivity index (χ1n) is 38.2. The fourth-order valence-electron chi connectivity index (χ4n) is 15.6. The van der Waals surface area contributed by atoms with Crippen LogP contribution < -0.4 is 31.9 Å². The van der Waals surface area contributed by atoms with Crippen LogP contribution in [0.25, 0.3) is 65.4 Å². The minimum Gasteiger partial charge on any atom is -0.361 e. The van der Waals surface area contributed by atoms with Crippen molar-refractivity contribution in [2.75, 3.05) is 19.6 Å². The molecule has 0 spiro atoms. The molecular weight excluding hydrogens is 1410 g/mol. The molecule has 0 saturated heterocycles. The van der Waals surface area contributed by atoms with Crippen LogP contribution >= 0.6 is 0 Å². The van der Waals surface area contributed by atoms with Crippen LogP contribution in [0.1, 0.15) is 52.6 Å². The number of para-hydroxylation sites is 6. The summed E-state index contributed by atoms with van der Waals surface area (Å²) < 4.78 is 0. The second kappa shape index (κ2) is 34.1. The average Bonchev–Trinajstić information content (AvgIpc) is 1.70. The smallest absolute Gasteiger partial charge is 0.243 e. The number of nitrogens with one attached hydrogen (secondary N) is 12. The number of ketones is 3. The molecule has 12 aromatic rings. The fourth-order valence-corrected chi connectivity index (χ4v) is 15.6. The Morgan fingerprint density at radius 1 is 0.268 bits per heavy atom. The molecule has 3 aliphatic carbocycles. The number of Topliss-reactive ketones (excluding diaryl/α,β-unsaturated/α-hetero) is 3. The number of hydrogen-bond donors (Lipinski definition) is 12. The standard InChI is InChI=1S/C90H87N13O9/c104-82(76(43-58-49-91-70-31-13-7-25-64(58)70)97-88(110)79(100-85(107)55-19-1-2-20-55)46-61-52-94-73-34-16-10-28-67(61)73)37-40-103(41-38-83(105)77(44-59-50-92-71-32-14-8-26-65(59)71)98-89(111)80(101-86(108)56-21-3-4-22-56)47-62-53-95-74-35-17-11-29-68(62)74)42-39-84(106)78(45-60-51-93-72-33-15-9-27-66(60)72)99-90(112)81(102-87(109)57-23-5-6-24-57)48-63-54-96-75-36-18-12-30-69(63)75/h1-36,49-57,76-81,91-96H,37-48H2,(H,97,110)(H,98,111)(H,99,112)(H,100,107)(H,101,108)(H,102,109)/t76-,77-,78-,79-,80-,81-/m0/s1. The molecular formula is C90H87N13O9. The van der Waals surface area contributed by atoms with E-state index in [2.05, 4.69) is 61.8 Å². The topological polar surface area (TPSA) is 324 Å². The van der Waals surface area contributed by atoms with E-state index >= 15 is 28.8 Å². The zero-order valence-corrected chi connectivity index (χ0v) is 61.6. The van der Waals surface area contributed by atoms with Crippen molar-refractivity contribution in [3.05, 3.63) is 289 Å². The van der Waals surface area contributed by atoms with E-state index < -0.39 is 89.4 Å². The Labute approximate surface area is 645 Å². The third kappa shape index (κ3) is 17.3. The van der Waals surface area contributed by atoms with Gasteiger partial charge in [-0.3, -0.25) is 43.2 Å². The van der Waals surface area contributed by atoms with E-state index in [-0.39, 0.29) is 94.8 Å². The van der Waals surface area contributed by atoms with Crippen molar-refractivity contribution < 1.29 is 43.2 Å². The highest BCUT2D eigenvalue weighted by molar-refractivity contribution is 5.99. The lowest BCUT2D eigenvalue weighted by molar-refractivity contribution is -0.132. The molecule has 6 amide bonds. The molecule has 6 atom stereocenters. The SMILES string of the molecule is O=C(N[C@@H](Cc1c[nH]c2ccccc12)C(=O)N[C@@H](Cc1c[nH]c2ccccc12)C(=O)CCN(CCC(=O)[C@H](Cc1c[nH]c2ccccc12)NC(=O)[C@H](Cc1c[nH]c2ccccc12)NC(=O)C1C=CC=C1)CCC(=O)[C@H](Cc1c[nH]c2ccccc12)NC(=O)[C@H](Cc1c[nH]c2ccccc12)NC(=O)C1C=CC=C1)C1C=CC=C1.